The van der Waals surface area contributed by atoms with Crippen molar-refractivity contribution in [2.45, 2.75) is 31.9 Å². The van der Waals surface area contributed by atoms with Gasteiger partial charge in [-0.25, -0.2) is 10.8 Å². The third-order valence-corrected chi connectivity index (χ3v) is 3.34. The van der Waals surface area contributed by atoms with E-state index in [1.54, 1.807) is 6.20 Å². The molecular weight excluding hydrogens is 286 g/mol. The minimum absolute atomic E-state index is 0.203. The highest BCUT2D eigenvalue weighted by atomic mass is 79.9. The van der Waals surface area contributed by atoms with Gasteiger partial charge in [0, 0.05) is 12.8 Å². The first-order valence-corrected chi connectivity index (χ1v) is 6.37. The number of anilines is 2. The molecule has 2 atom stereocenters. The molecule has 2 unspecified atom stereocenters. The van der Waals surface area contributed by atoms with Crippen LogP contribution in [0.4, 0.5) is 11.8 Å². The standard InChI is InChI=1S/C10H16BrN5O/c1-6(8-3-2-4-17-8)14-9-7(11)5-13-10(15-9)16-12/h5-6,8H,2-4,12H2,1H3,(H2,13,14,15,16). The smallest absolute Gasteiger partial charge is 0.239 e. The van der Waals surface area contributed by atoms with Crippen LogP contribution in [-0.2, 0) is 4.74 Å². The molecule has 1 fully saturated rings. The molecule has 0 spiro atoms. The average Bonchev–Trinajstić information content (AvgIpc) is 2.85. The second-order valence-corrected chi connectivity index (χ2v) is 4.87. The topological polar surface area (TPSA) is 85.1 Å². The Kier molecular flexibility index (Phi) is 4.14. The molecule has 0 amide bonds. The monoisotopic (exact) mass is 301 g/mol. The number of nitrogen functional groups attached to an aromatic ring is 1. The van der Waals surface area contributed by atoms with Gasteiger partial charge in [-0.3, -0.25) is 5.43 Å². The van der Waals surface area contributed by atoms with Gasteiger partial charge in [0.25, 0.3) is 0 Å². The van der Waals surface area contributed by atoms with Gasteiger partial charge in [0.05, 0.1) is 16.6 Å². The Bertz CT molecular complexity index is 383. The fourth-order valence-corrected chi connectivity index (χ4v) is 2.15. The van der Waals surface area contributed by atoms with E-state index in [9.17, 15) is 0 Å². The van der Waals surface area contributed by atoms with Gasteiger partial charge >= 0.3 is 0 Å². The molecule has 17 heavy (non-hydrogen) atoms. The molecule has 0 saturated carbocycles. The molecule has 1 aliphatic rings. The van der Waals surface area contributed by atoms with E-state index in [-0.39, 0.29) is 12.1 Å². The van der Waals surface area contributed by atoms with Gasteiger partial charge < -0.3 is 10.1 Å². The van der Waals surface area contributed by atoms with Crippen LogP contribution in [0.3, 0.4) is 0 Å². The van der Waals surface area contributed by atoms with E-state index in [4.69, 9.17) is 10.6 Å². The first-order valence-electron chi connectivity index (χ1n) is 5.58. The van der Waals surface area contributed by atoms with Gasteiger partial charge in [-0.1, -0.05) is 0 Å². The van der Waals surface area contributed by atoms with Gasteiger partial charge in [0.1, 0.15) is 5.82 Å². The second-order valence-electron chi connectivity index (χ2n) is 4.02. The van der Waals surface area contributed by atoms with E-state index < -0.39 is 0 Å². The molecule has 1 aliphatic heterocycles. The van der Waals surface area contributed by atoms with Crippen molar-refractivity contribution in [2.75, 3.05) is 17.3 Å². The number of hydrogen-bond donors (Lipinski definition) is 3. The maximum atomic E-state index is 5.62. The van der Waals surface area contributed by atoms with E-state index in [0.29, 0.717) is 5.95 Å². The molecule has 0 aliphatic carbocycles. The summed E-state index contributed by atoms with van der Waals surface area (Å²) < 4.78 is 6.43. The summed E-state index contributed by atoms with van der Waals surface area (Å²) in [7, 11) is 0. The SMILES string of the molecule is CC(Nc1nc(NN)ncc1Br)C1CCCO1. The third-order valence-electron chi connectivity index (χ3n) is 2.76. The quantitative estimate of drug-likeness (QED) is 0.577. The Hall–Kier alpha value is -0.920. The van der Waals surface area contributed by atoms with Crippen LogP contribution in [0, 0.1) is 0 Å². The normalized spacial score (nSPS) is 21.2. The number of hydrazine groups is 1. The Labute approximate surface area is 108 Å². The summed E-state index contributed by atoms with van der Waals surface area (Å²) >= 11 is 3.40. The number of aromatic nitrogens is 2. The molecule has 4 N–H and O–H groups in total. The summed E-state index contributed by atoms with van der Waals surface area (Å²) in [6.07, 6.45) is 4.11. The van der Waals surface area contributed by atoms with Gasteiger partial charge in [-0.2, -0.15) is 4.98 Å². The molecule has 2 heterocycles. The molecule has 1 aromatic heterocycles. The second kappa shape index (κ2) is 5.61. The average molecular weight is 302 g/mol. The van der Waals surface area contributed by atoms with Crippen LogP contribution in [0.5, 0.6) is 0 Å². The summed E-state index contributed by atoms with van der Waals surface area (Å²) in [4.78, 5) is 8.24. The maximum absolute atomic E-state index is 5.62. The minimum Gasteiger partial charge on any atom is -0.376 e. The lowest BCUT2D eigenvalue weighted by Gasteiger charge is -2.21. The van der Waals surface area contributed by atoms with Crippen molar-refractivity contribution in [3.05, 3.63) is 10.7 Å². The molecule has 0 bridgehead atoms. The summed E-state index contributed by atoms with van der Waals surface area (Å²) in [5.41, 5.74) is 2.42. The molecular formula is C10H16BrN5O. The summed E-state index contributed by atoms with van der Waals surface area (Å²) in [5.74, 6) is 6.38. The molecule has 1 saturated heterocycles. The number of rotatable bonds is 4. The lowest BCUT2D eigenvalue weighted by atomic mass is 10.1. The van der Waals surface area contributed by atoms with Crippen LogP contribution >= 0.6 is 15.9 Å². The van der Waals surface area contributed by atoms with Gasteiger partial charge in [-0.05, 0) is 35.7 Å². The fraction of sp³-hybridized carbons (Fsp3) is 0.600. The van der Waals surface area contributed by atoms with Gasteiger partial charge in [-0.15, -0.1) is 0 Å². The highest BCUT2D eigenvalue weighted by Crippen LogP contribution is 2.23. The number of nitrogens with zero attached hydrogens (tertiary/aromatic N) is 2. The number of halogens is 1. The predicted octanol–water partition coefficient (Wildman–Crippen LogP) is 1.50. The maximum Gasteiger partial charge on any atom is 0.239 e. The molecule has 0 aromatic carbocycles. The molecule has 6 nitrogen and oxygen atoms in total. The van der Waals surface area contributed by atoms with Crippen molar-refractivity contribution in [2.24, 2.45) is 5.84 Å². The number of hydrogen-bond acceptors (Lipinski definition) is 6. The highest BCUT2D eigenvalue weighted by Gasteiger charge is 2.23. The zero-order chi connectivity index (χ0) is 12.3. The van der Waals surface area contributed by atoms with E-state index in [2.05, 4.69) is 43.6 Å². The van der Waals surface area contributed by atoms with E-state index in [0.717, 1.165) is 29.7 Å². The minimum atomic E-state index is 0.203. The largest absolute Gasteiger partial charge is 0.376 e. The van der Waals surface area contributed by atoms with Crippen LogP contribution in [0.1, 0.15) is 19.8 Å². The Balaban J connectivity index is 2.06. The van der Waals surface area contributed by atoms with Crippen LogP contribution in [0.2, 0.25) is 0 Å². The van der Waals surface area contributed by atoms with Gasteiger partial charge in [0.15, 0.2) is 0 Å². The van der Waals surface area contributed by atoms with Crippen molar-refractivity contribution < 1.29 is 4.74 Å². The van der Waals surface area contributed by atoms with E-state index in [1.807, 2.05) is 0 Å². The summed E-state index contributed by atoms with van der Waals surface area (Å²) in [6, 6.07) is 0.203. The van der Waals surface area contributed by atoms with Crippen molar-refractivity contribution in [3.8, 4) is 0 Å². The molecule has 2 rings (SSSR count). The first-order chi connectivity index (χ1) is 8.20. The summed E-state index contributed by atoms with van der Waals surface area (Å²) in [6.45, 7) is 2.93. The van der Waals surface area contributed by atoms with E-state index in [1.165, 1.54) is 0 Å². The third kappa shape index (κ3) is 3.05. The van der Waals surface area contributed by atoms with Crippen molar-refractivity contribution in [1.82, 2.24) is 9.97 Å². The number of nitrogens with two attached hydrogens (primary N) is 1. The molecule has 7 heteroatoms. The van der Waals surface area contributed by atoms with E-state index >= 15 is 0 Å². The Morgan fingerprint density at radius 3 is 3.12 bits per heavy atom. The summed E-state index contributed by atoms with van der Waals surface area (Å²) in [5, 5.41) is 3.31. The van der Waals surface area contributed by atoms with Crippen molar-refractivity contribution in [1.29, 1.82) is 0 Å². The fourth-order valence-electron chi connectivity index (χ4n) is 1.84. The lowest BCUT2D eigenvalue weighted by Crippen LogP contribution is -2.30. The van der Waals surface area contributed by atoms with Crippen LogP contribution in [-0.4, -0.2) is 28.7 Å². The predicted molar refractivity (Wildman–Crippen MR) is 69.6 cm³/mol. The number of nitrogens with one attached hydrogen (secondary N) is 2. The van der Waals surface area contributed by atoms with Crippen LogP contribution < -0.4 is 16.6 Å². The molecule has 94 valence electrons. The zero-order valence-electron chi connectivity index (χ0n) is 9.61. The van der Waals surface area contributed by atoms with Crippen molar-refractivity contribution in [3.63, 3.8) is 0 Å². The lowest BCUT2D eigenvalue weighted by molar-refractivity contribution is 0.0995. The van der Waals surface area contributed by atoms with Gasteiger partial charge in [0.2, 0.25) is 5.95 Å². The number of ether oxygens (including phenoxy) is 1. The van der Waals surface area contributed by atoms with Crippen LogP contribution in [0.25, 0.3) is 0 Å². The van der Waals surface area contributed by atoms with Crippen LogP contribution in [0.15, 0.2) is 10.7 Å². The molecule has 0 radical (unpaired) electrons. The van der Waals surface area contributed by atoms with Crippen molar-refractivity contribution >= 4 is 27.7 Å². The zero-order valence-corrected chi connectivity index (χ0v) is 11.2. The highest BCUT2D eigenvalue weighted by molar-refractivity contribution is 9.10. The Morgan fingerprint density at radius 1 is 1.65 bits per heavy atom. The first kappa shape index (κ1) is 12.5. The molecule has 1 aromatic rings. The Morgan fingerprint density at radius 2 is 2.47 bits per heavy atom.